The summed E-state index contributed by atoms with van der Waals surface area (Å²) in [6.07, 6.45) is 3.31. The number of nitrogens with one attached hydrogen (secondary N) is 2. The van der Waals surface area contributed by atoms with E-state index in [2.05, 4.69) is 25.7 Å². The average molecular weight is 308 g/mol. The molecule has 0 aromatic carbocycles. The first-order chi connectivity index (χ1) is 10.5. The third kappa shape index (κ3) is 4.81. The van der Waals surface area contributed by atoms with Gasteiger partial charge in [0.2, 0.25) is 5.91 Å². The lowest BCUT2D eigenvalue weighted by molar-refractivity contribution is -0.137. The molecule has 0 atom stereocenters. The van der Waals surface area contributed by atoms with Gasteiger partial charge in [0.1, 0.15) is 12.4 Å². The highest BCUT2D eigenvalue weighted by atomic mass is 19.1. The first kappa shape index (κ1) is 15.4. The molecule has 3 N–H and O–H groups in total. The Morgan fingerprint density at radius 3 is 2.95 bits per heavy atom. The number of aliphatic carboxylic acids is 1. The second kappa shape index (κ2) is 7.11. The first-order valence-electron chi connectivity index (χ1n) is 6.29. The van der Waals surface area contributed by atoms with Crippen molar-refractivity contribution in [3.63, 3.8) is 0 Å². The molecule has 0 spiro atoms. The molecule has 2 rings (SSSR count). The van der Waals surface area contributed by atoms with E-state index in [0.29, 0.717) is 5.69 Å². The van der Waals surface area contributed by atoms with Gasteiger partial charge in [-0.1, -0.05) is 0 Å². The van der Waals surface area contributed by atoms with Gasteiger partial charge in [-0.3, -0.25) is 14.3 Å². The molecule has 9 nitrogen and oxygen atoms in total. The molecule has 0 aliphatic rings. The van der Waals surface area contributed by atoms with Crippen LogP contribution in [0.3, 0.4) is 0 Å². The summed E-state index contributed by atoms with van der Waals surface area (Å²) in [5.41, 5.74) is 0.402. The number of amides is 1. The maximum Gasteiger partial charge on any atom is 0.325 e. The molecule has 0 bridgehead atoms. The third-order valence-electron chi connectivity index (χ3n) is 2.50. The Morgan fingerprint density at radius 2 is 2.23 bits per heavy atom. The Kier molecular flexibility index (Phi) is 4.96. The maximum absolute atomic E-state index is 12.7. The zero-order chi connectivity index (χ0) is 15.9. The van der Waals surface area contributed by atoms with Crippen molar-refractivity contribution in [2.24, 2.45) is 0 Å². The van der Waals surface area contributed by atoms with E-state index in [-0.39, 0.29) is 31.2 Å². The summed E-state index contributed by atoms with van der Waals surface area (Å²) in [6.45, 7) is -0.0255. The molecule has 0 aliphatic carbocycles. The summed E-state index contributed by atoms with van der Waals surface area (Å²) < 4.78 is 13.9. The van der Waals surface area contributed by atoms with Crippen LogP contribution in [-0.2, 0) is 16.1 Å². The van der Waals surface area contributed by atoms with Gasteiger partial charge in [-0.05, 0) is 6.07 Å². The molecule has 116 valence electrons. The highest BCUT2D eigenvalue weighted by molar-refractivity contribution is 5.90. The Hall–Kier alpha value is -3.04. The molecular weight excluding hydrogens is 295 g/mol. The zero-order valence-corrected chi connectivity index (χ0v) is 11.4. The van der Waals surface area contributed by atoms with Gasteiger partial charge < -0.3 is 15.7 Å². The standard InChI is InChI=1S/C12H13FN6O3/c13-12-15-3-1-9(18-12)14-4-2-10(20)17-8-5-16-19(6-8)7-11(21)22/h1,3,5-6H,2,4,7H2,(H,17,20)(H,21,22)(H,14,15,18). The van der Waals surface area contributed by atoms with Gasteiger partial charge in [-0.15, -0.1) is 0 Å². The molecular formula is C12H13FN6O3. The van der Waals surface area contributed by atoms with Crippen LogP contribution < -0.4 is 10.6 Å². The number of aromatic nitrogens is 4. The van der Waals surface area contributed by atoms with Crippen LogP contribution in [-0.4, -0.2) is 43.3 Å². The molecule has 0 saturated carbocycles. The summed E-state index contributed by atoms with van der Waals surface area (Å²) in [6, 6.07) is 1.48. The van der Waals surface area contributed by atoms with Gasteiger partial charge in [0, 0.05) is 25.4 Å². The summed E-state index contributed by atoms with van der Waals surface area (Å²) in [5.74, 6) is -1.03. The van der Waals surface area contributed by atoms with E-state index in [0.717, 1.165) is 0 Å². The highest BCUT2D eigenvalue weighted by Crippen LogP contribution is 2.06. The van der Waals surface area contributed by atoms with E-state index in [1.54, 1.807) is 0 Å². The van der Waals surface area contributed by atoms with Gasteiger partial charge >= 0.3 is 12.0 Å². The summed E-state index contributed by atoms with van der Waals surface area (Å²) in [7, 11) is 0. The molecule has 0 fully saturated rings. The quantitative estimate of drug-likeness (QED) is 0.630. The van der Waals surface area contributed by atoms with Crippen LogP contribution in [0.2, 0.25) is 0 Å². The molecule has 0 unspecified atom stereocenters. The molecule has 10 heteroatoms. The van der Waals surface area contributed by atoms with Crippen LogP contribution in [0, 0.1) is 6.08 Å². The molecule has 2 aromatic rings. The van der Waals surface area contributed by atoms with Gasteiger partial charge in [0.05, 0.1) is 11.9 Å². The number of anilines is 2. The summed E-state index contributed by atoms with van der Waals surface area (Å²) in [5, 5.41) is 17.8. The molecule has 1 amide bonds. The predicted molar refractivity (Wildman–Crippen MR) is 73.6 cm³/mol. The largest absolute Gasteiger partial charge is 0.480 e. The molecule has 2 heterocycles. The third-order valence-corrected chi connectivity index (χ3v) is 2.50. The van der Waals surface area contributed by atoms with Crippen molar-refractivity contribution in [3.05, 3.63) is 30.7 Å². The molecule has 0 saturated heterocycles. The van der Waals surface area contributed by atoms with Gasteiger partial charge in [0.25, 0.3) is 0 Å². The van der Waals surface area contributed by atoms with Crippen molar-refractivity contribution < 1.29 is 19.1 Å². The average Bonchev–Trinajstić information content (AvgIpc) is 2.85. The minimum atomic E-state index is -1.03. The van der Waals surface area contributed by atoms with E-state index in [1.165, 1.54) is 29.3 Å². The molecule has 22 heavy (non-hydrogen) atoms. The monoisotopic (exact) mass is 308 g/mol. The maximum atomic E-state index is 12.7. The molecule has 0 aliphatic heterocycles. The fraction of sp³-hybridized carbons (Fsp3) is 0.250. The molecule has 2 aromatic heterocycles. The number of carbonyl (C=O) groups excluding carboxylic acids is 1. The lowest BCUT2D eigenvalue weighted by Gasteiger charge is -2.05. The van der Waals surface area contributed by atoms with Crippen LogP contribution in [0.25, 0.3) is 0 Å². The first-order valence-corrected chi connectivity index (χ1v) is 6.29. The topological polar surface area (TPSA) is 122 Å². The van der Waals surface area contributed by atoms with Crippen molar-refractivity contribution >= 4 is 23.4 Å². The minimum Gasteiger partial charge on any atom is -0.480 e. The summed E-state index contributed by atoms with van der Waals surface area (Å²) in [4.78, 5) is 29.0. The predicted octanol–water partition coefficient (Wildman–Crippen LogP) is 0.337. The number of nitrogens with zero attached hydrogens (tertiary/aromatic N) is 4. The fourth-order valence-corrected chi connectivity index (χ4v) is 1.61. The zero-order valence-electron chi connectivity index (χ0n) is 11.4. The van der Waals surface area contributed by atoms with Crippen LogP contribution in [0.4, 0.5) is 15.9 Å². The highest BCUT2D eigenvalue weighted by Gasteiger charge is 2.06. The van der Waals surface area contributed by atoms with Gasteiger partial charge in [0.15, 0.2) is 0 Å². The number of rotatable bonds is 7. The molecule has 0 radical (unpaired) electrons. The minimum absolute atomic E-state index is 0.121. The SMILES string of the molecule is O=C(O)Cn1cc(NC(=O)CCNc2ccnc(F)n2)cn1. The van der Waals surface area contributed by atoms with E-state index >= 15 is 0 Å². The lowest BCUT2D eigenvalue weighted by Crippen LogP contribution is -2.16. The normalized spacial score (nSPS) is 10.2. The van der Waals surface area contributed by atoms with E-state index in [9.17, 15) is 14.0 Å². The van der Waals surface area contributed by atoms with Crippen LogP contribution >= 0.6 is 0 Å². The second-order valence-corrected chi connectivity index (χ2v) is 4.26. The van der Waals surface area contributed by atoms with Crippen molar-refractivity contribution in [1.29, 1.82) is 0 Å². The lowest BCUT2D eigenvalue weighted by atomic mass is 10.3. The van der Waals surface area contributed by atoms with Crippen molar-refractivity contribution in [3.8, 4) is 0 Å². The Morgan fingerprint density at radius 1 is 1.41 bits per heavy atom. The van der Waals surface area contributed by atoms with Crippen molar-refractivity contribution in [2.75, 3.05) is 17.2 Å². The number of hydrogen-bond donors (Lipinski definition) is 3. The number of hydrogen-bond acceptors (Lipinski definition) is 6. The van der Waals surface area contributed by atoms with E-state index < -0.39 is 12.0 Å². The van der Waals surface area contributed by atoms with Crippen molar-refractivity contribution in [2.45, 2.75) is 13.0 Å². The van der Waals surface area contributed by atoms with E-state index in [1.807, 2.05) is 0 Å². The van der Waals surface area contributed by atoms with E-state index in [4.69, 9.17) is 5.11 Å². The fourth-order valence-electron chi connectivity index (χ4n) is 1.61. The van der Waals surface area contributed by atoms with Gasteiger partial charge in [-0.25, -0.2) is 4.98 Å². The van der Waals surface area contributed by atoms with Crippen LogP contribution in [0.1, 0.15) is 6.42 Å². The Bertz CT molecular complexity index is 674. The van der Waals surface area contributed by atoms with Crippen molar-refractivity contribution in [1.82, 2.24) is 19.7 Å². The Balaban J connectivity index is 1.76. The Labute approximate surface area is 124 Å². The number of carboxylic acid groups (broad SMARTS) is 1. The van der Waals surface area contributed by atoms with Gasteiger partial charge in [-0.2, -0.15) is 14.5 Å². The number of carbonyl (C=O) groups is 2. The number of carboxylic acids is 1. The smallest absolute Gasteiger partial charge is 0.325 e. The van der Waals surface area contributed by atoms with Crippen LogP contribution in [0.15, 0.2) is 24.7 Å². The second-order valence-electron chi connectivity index (χ2n) is 4.26. The summed E-state index contributed by atoms with van der Waals surface area (Å²) >= 11 is 0. The van der Waals surface area contributed by atoms with Crippen LogP contribution in [0.5, 0.6) is 0 Å². The number of halogens is 1.